The van der Waals surface area contributed by atoms with Gasteiger partial charge in [0.1, 0.15) is 5.75 Å². The molecule has 0 unspecified atom stereocenters. The lowest BCUT2D eigenvalue weighted by Crippen LogP contribution is -2.19. The van der Waals surface area contributed by atoms with E-state index in [9.17, 15) is 13.6 Å². The third-order valence-electron chi connectivity index (χ3n) is 2.32. The van der Waals surface area contributed by atoms with Crippen LogP contribution in [-0.4, -0.2) is 26.1 Å². The van der Waals surface area contributed by atoms with Crippen molar-refractivity contribution in [2.24, 2.45) is 0 Å². The molecule has 0 aliphatic carbocycles. The summed E-state index contributed by atoms with van der Waals surface area (Å²) in [5, 5.41) is 5.42. The van der Waals surface area contributed by atoms with Crippen LogP contribution in [0.3, 0.4) is 0 Å². The molecular weight excluding hydrogens is 278 g/mol. The molecule has 0 aliphatic heterocycles. The maximum atomic E-state index is 12.2. The van der Waals surface area contributed by atoms with Crippen molar-refractivity contribution in [2.45, 2.75) is 20.0 Å². The minimum absolute atomic E-state index is 0. The van der Waals surface area contributed by atoms with Gasteiger partial charge in [0.05, 0.1) is 5.69 Å². The number of anilines is 1. The van der Waals surface area contributed by atoms with Gasteiger partial charge < -0.3 is 15.4 Å². The predicted molar refractivity (Wildman–Crippen MR) is 72.2 cm³/mol. The molecular formula is C12H17ClF2N2O2. The highest BCUT2D eigenvalue weighted by Crippen LogP contribution is 2.29. The molecule has 19 heavy (non-hydrogen) atoms. The zero-order valence-electron chi connectivity index (χ0n) is 10.7. The van der Waals surface area contributed by atoms with E-state index >= 15 is 0 Å². The number of para-hydroxylation sites is 1. The normalized spacial score (nSPS) is 9.95. The zero-order chi connectivity index (χ0) is 13.5. The number of halogens is 3. The van der Waals surface area contributed by atoms with Crippen LogP contribution in [-0.2, 0) is 4.79 Å². The van der Waals surface area contributed by atoms with E-state index in [-0.39, 0.29) is 30.5 Å². The first kappa shape index (κ1) is 17.6. The maximum Gasteiger partial charge on any atom is 0.387 e. The van der Waals surface area contributed by atoms with E-state index in [4.69, 9.17) is 0 Å². The van der Waals surface area contributed by atoms with Gasteiger partial charge in [-0.05, 0) is 25.6 Å². The van der Waals surface area contributed by atoms with Crippen molar-refractivity contribution in [1.29, 1.82) is 0 Å². The van der Waals surface area contributed by atoms with E-state index in [1.807, 2.05) is 0 Å². The second kappa shape index (κ2) is 8.66. The molecule has 0 aromatic heterocycles. The fourth-order valence-corrected chi connectivity index (χ4v) is 1.44. The first-order valence-electron chi connectivity index (χ1n) is 5.53. The van der Waals surface area contributed by atoms with Gasteiger partial charge in [0.25, 0.3) is 0 Å². The summed E-state index contributed by atoms with van der Waals surface area (Å²) in [5.74, 6) is -0.277. The number of hydrogen-bond donors (Lipinski definition) is 2. The van der Waals surface area contributed by atoms with Crippen molar-refractivity contribution in [1.82, 2.24) is 5.32 Å². The van der Waals surface area contributed by atoms with Gasteiger partial charge in [-0.1, -0.05) is 12.1 Å². The summed E-state index contributed by atoms with van der Waals surface area (Å²) in [6.07, 6.45) is 0.263. The van der Waals surface area contributed by atoms with Gasteiger partial charge >= 0.3 is 6.61 Å². The summed E-state index contributed by atoms with van der Waals surface area (Å²) in [6.45, 7) is -0.686. The SMILES string of the molecule is CNCCC(=O)Nc1c(C)cccc1OC(F)F.Cl. The maximum absolute atomic E-state index is 12.2. The summed E-state index contributed by atoms with van der Waals surface area (Å²) < 4.78 is 28.8. The Bertz CT molecular complexity index is 417. The summed E-state index contributed by atoms with van der Waals surface area (Å²) in [4.78, 5) is 11.6. The van der Waals surface area contributed by atoms with Gasteiger partial charge in [0.2, 0.25) is 5.91 Å². The van der Waals surface area contributed by atoms with Gasteiger partial charge in [-0.2, -0.15) is 8.78 Å². The number of aryl methyl sites for hydroxylation is 1. The highest BCUT2D eigenvalue weighted by Gasteiger charge is 2.13. The summed E-state index contributed by atoms with van der Waals surface area (Å²) >= 11 is 0. The Balaban J connectivity index is 0.00000324. The number of alkyl halides is 2. The van der Waals surface area contributed by atoms with Gasteiger partial charge in [-0.3, -0.25) is 4.79 Å². The molecule has 108 valence electrons. The fraction of sp³-hybridized carbons (Fsp3) is 0.417. The van der Waals surface area contributed by atoms with E-state index in [0.717, 1.165) is 0 Å². The standard InChI is InChI=1S/C12H16F2N2O2.ClH/c1-8-4-3-5-9(18-12(13)14)11(8)16-10(17)6-7-15-2;/h3-5,12,15H,6-7H2,1-2H3,(H,16,17);1H. The number of hydrogen-bond acceptors (Lipinski definition) is 3. The van der Waals surface area contributed by atoms with Gasteiger partial charge in [-0.25, -0.2) is 0 Å². The summed E-state index contributed by atoms with van der Waals surface area (Å²) in [7, 11) is 1.73. The van der Waals surface area contributed by atoms with Crippen molar-refractivity contribution in [3.05, 3.63) is 23.8 Å². The molecule has 0 spiro atoms. The molecule has 4 nitrogen and oxygen atoms in total. The van der Waals surface area contributed by atoms with Crippen LogP contribution in [0.4, 0.5) is 14.5 Å². The first-order valence-corrected chi connectivity index (χ1v) is 5.53. The number of carbonyl (C=O) groups excluding carboxylic acids is 1. The Labute approximate surface area is 116 Å². The van der Waals surface area contributed by atoms with Crippen molar-refractivity contribution < 1.29 is 18.3 Å². The van der Waals surface area contributed by atoms with Crippen LogP contribution in [0.2, 0.25) is 0 Å². The second-order valence-electron chi connectivity index (χ2n) is 3.73. The summed E-state index contributed by atoms with van der Waals surface area (Å²) in [5.41, 5.74) is 0.963. The number of rotatable bonds is 6. The van der Waals surface area contributed by atoms with Crippen LogP contribution in [0.1, 0.15) is 12.0 Å². The topological polar surface area (TPSA) is 50.4 Å². The summed E-state index contributed by atoms with van der Waals surface area (Å²) in [6, 6.07) is 4.70. The Kier molecular flexibility index (Phi) is 8.02. The monoisotopic (exact) mass is 294 g/mol. The lowest BCUT2D eigenvalue weighted by molar-refractivity contribution is -0.116. The first-order chi connectivity index (χ1) is 8.54. The molecule has 0 aliphatic rings. The van der Waals surface area contributed by atoms with E-state index in [2.05, 4.69) is 15.4 Å². The third-order valence-corrected chi connectivity index (χ3v) is 2.32. The van der Waals surface area contributed by atoms with Crippen molar-refractivity contribution in [3.63, 3.8) is 0 Å². The van der Waals surface area contributed by atoms with Crippen molar-refractivity contribution >= 4 is 24.0 Å². The average Bonchev–Trinajstić information content (AvgIpc) is 2.30. The third kappa shape index (κ3) is 5.85. The van der Waals surface area contributed by atoms with Crippen LogP contribution in [0.25, 0.3) is 0 Å². The Morgan fingerprint density at radius 1 is 1.42 bits per heavy atom. The van der Waals surface area contributed by atoms with Gasteiger partial charge in [0.15, 0.2) is 0 Å². The zero-order valence-corrected chi connectivity index (χ0v) is 11.5. The second-order valence-corrected chi connectivity index (χ2v) is 3.73. The number of carbonyl (C=O) groups is 1. The molecule has 7 heteroatoms. The van der Waals surface area contributed by atoms with E-state index in [1.165, 1.54) is 6.07 Å². The average molecular weight is 295 g/mol. The van der Waals surface area contributed by atoms with Crippen molar-refractivity contribution in [3.8, 4) is 5.75 Å². The molecule has 0 bridgehead atoms. The Morgan fingerprint density at radius 3 is 2.68 bits per heavy atom. The number of benzene rings is 1. The largest absolute Gasteiger partial charge is 0.433 e. The molecule has 0 saturated carbocycles. The van der Waals surface area contributed by atoms with E-state index in [1.54, 1.807) is 26.1 Å². The number of nitrogens with one attached hydrogen (secondary N) is 2. The van der Waals surface area contributed by atoms with Crippen LogP contribution in [0.5, 0.6) is 5.75 Å². The van der Waals surface area contributed by atoms with Crippen molar-refractivity contribution in [2.75, 3.05) is 18.9 Å². The highest BCUT2D eigenvalue weighted by atomic mass is 35.5. The quantitative estimate of drug-likeness (QED) is 0.848. The van der Waals surface area contributed by atoms with Crippen LogP contribution < -0.4 is 15.4 Å². The van der Waals surface area contributed by atoms with Gasteiger partial charge in [-0.15, -0.1) is 12.4 Å². The molecule has 1 aromatic carbocycles. The number of ether oxygens (including phenoxy) is 1. The van der Waals surface area contributed by atoms with Gasteiger partial charge in [0, 0.05) is 13.0 Å². The van der Waals surface area contributed by atoms with E-state index < -0.39 is 6.61 Å². The predicted octanol–water partition coefficient (Wildman–Crippen LogP) is 2.57. The smallest absolute Gasteiger partial charge is 0.387 e. The highest BCUT2D eigenvalue weighted by molar-refractivity contribution is 5.93. The molecule has 0 saturated heterocycles. The van der Waals surface area contributed by atoms with Crippen LogP contribution in [0, 0.1) is 6.92 Å². The molecule has 0 fully saturated rings. The fourth-order valence-electron chi connectivity index (χ4n) is 1.44. The molecule has 0 heterocycles. The molecule has 1 rings (SSSR count). The number of amides is 1. The lowest BCUT2D eigenvalue weighted by atomic mass is 10.2. The Morgan fingerprint density at radius 2 is 2.11 bits per heavy atom. The molecule has 1 amide bonds. The van der Waals surface area contributed by atoms with Crippen LogP contribution >= 0.6 is 12.4 Å². The Hall–Kier alpha value is -1.40. The molecule has 0 radical (unpaired) electrons. The molecule has 1 aromatic rings. The van der Waals surface area contributed by atoms with Crippen LogP contribution in [0.15, 0.2) is 18.2 Å². The lowest BCUT2D eigenvalue weighted by Gasteiger charge is -2.14. The minimum atomic E-state index is -2.92. The molecule has 2 N–H and O–H groups in total. The molecule has 0 atom stereocenters. The minimum Gasteiger partial charge on any atom is -0.433 e. The van der Waals surface area contributed by atoms with E-state index in [0.29, 0.717) is 17.8 Å².